The number of alkyl halides is 3. The van der Waals surface area contributed by atoms with Gasteiger partial charge in [0.1, 0.15) is 11.5 Å². The fourth-order valence-electron chi connectivity index (χ4n) is 2.69. The minimum atomic E-state index is -4.61. The highest BCUT2D eigenvalue weighted by Gasteiger charge is 2.33. The average Bonchev–Trinajstić information content (AvgIpc) is 2.59. The lowest BCUT2D eigenvalue weighted by Gasteiger charge is -2.32. The van der Waals surface area contributed by atoms with E-state index in [1.807, 2.05) is 0 Å². The number of hydrogen-bond donors (Lipinski definition) is 0. The first kappa shape index (κ1) is 19.3. The quantitative estimate of drug-likeness (QED) is 0.396. The Bertz CT molecular complexity index is 1060. The number of benzene rings is 2. The lowest BCUT2D eigenvalue weighted by molar-refractivity contribution is -0.137. The Morgan fingerprint density at radius 1 is 1.19 bits per heavy atom. The van der Waals surface area contributed by atoms with E-state index in [0.29, 0.717) is 6.07 Å². The Kier molecular flexibility index (Phi) is 4.69. The number of halogens is 5. The first-order chi connectivity index (χ1) is 12.5. The number of anilines is 2. The van der Waals surface area contributed by atoms with Crippen molar-refractivity contribution in [1.82, 2.24) is 0 Å². The molecule has 0 amide bonds. The van der Waals surface area contributed by atoms with E-state index in [1.54, 1.807) is 0 Å². The molecule has 5 nitrogen and oxygen atoms in total. The van der Waals surface area contributed by atoms with E-state index in [1.165, 1.54) is 11.0 Å². The Labute approximate surface area is 156 Å². The number of ether oxygens (including phenoxy) is 1. The third-order valence-corrected chi connectivity index (χ3v) is 5.21. The predicted octanol–water partition coefficient (Wildman–Crippen LogP) is 4.85. The first-order valence-electron chi connectivity index (χ1n) is 7.30. The van der Waals surface area contributed by atoms with Gasteiger partial charge < -0.3 is 9.64 Å². The van der Waals surface area contributed by atoms with Crippen molar-refractivity contribution in [3.63, 3.8) is 0 Å². The van der Waals surface area contributed by atoms with Crippen LogP contribution in [-0.2, 0) is 15.2 Å². The molecule has 0 spiro atoms. The molecule has 2 aromatic rings. The molecule has 3 rings (SSSR count). The fraction of sp³-hybridized carbons (Fsp3) is 0.188. The fourth-order valence-corrected chi connectivity index (χ4v) is 3.59. The van der Waals surface area contributed by atoms with Gasteiger partial charge in [0, 0.05) is 21.9 Å². The Morgan fingerprint density at radius 2 is 1.85 bits per heavy atom. The molecule has 0 aliphatic carbocycles. The van der Waals surface area contributed by atoms with Gasteiger partial charge in [-0.3, -0.25) is 0 Å². The van der Waals surface area contributed by atoms with Crippen molar-refractivity contribution in [2.45, 2.75) is 11.1 Å². The summed E-state index contributed by atoms with van der Waals surface area (Å²) in [5.41, 5.74) is -1.08. The minimum Gasteiger partial charge on any atom is -0.486 e. The van der Waals surface area contributed by atoms with Crippen LogP contribution in [0.1, 0.15) is 5.56 Å². The number of rotatable bonds is 2. The van der Waals surface area contributed by atoms with E-state index < -0.39 is 37.3 Å². The van der Waals surface area contributed by atoms with Crippen molar-refractivity contribution < 1.29 is 30.7 Å². The van der Waals surface area contributed by atoms with E-state index in [4.69, 9.17) is 22.0 Å². The van der Waals surface area contributed by atoms with Gasteiger partial charge in [-0.1, -0.05) is 6.07 Å². The Balaban J connectivity index is 2.15. The molecule has 0 atom stereocenters. The molecule has 0 unspecified atom stereocenters. The molecule has 1 aliphatic heterocycles. The minimum absolute atomic E-state index is 0.0752. The summed E-state index contributed by atoms with van der Waals surface area (Å²) in [7, 11) is 0.826. The van der Waals surface area contributed by atoms with E-state index in [0.717, 1.165) is 18.2 Å². The van der Waals surface area contributed by atoms with Gasteiger partial charge in [-0.2, -0.15) is 13.2 Å². The van der Waals surface area contributed by atoms with Crippen molar-refractivity contribution in [3.8, 4) is 5.75 Å². The molecule has 0 N–H and O–H groups in total. The van der Waals surface area contributed by atoms with Crippen LogP contribution in [0, 0.1) is 12.4 Å². The van der Waals surface area contributed by atoms with Gasteiger partial charge in [-0.05, 0) is 24.3 Å². The maximum atomic E-state index is 14.5. The van der Waals surface area contributed by atoms with Crippen LogP contribution >= 0.6 is 10.7 Å². The molecule has 0 aromatic heterocycles. The van der Waals surface area contributed by atoms with Crippen molar-refractivity contribution >= 4 is 36.8 Å². The van der Waals surface area contributed by atoms with Crippen molar-refractivity contribution in [3.05, 3.63) is 53.1 Å². The second-order valence-corrected chi connectivity index (χ2v) is 8.01. The summed E-state index contributed by atoms with van der Waals surface area (Å²) in [4.78, 5) is 3.74. The monoisotopic (exact) mass is 420 g/mol. The summed E-state index contributed by atoms with van der Waals surface area (Å²) in [5, 5.41) is 0. The third-order valence-electron chi connectivity index (χ3n) is 3.87. The molecule has 1 heterocycles. The van der Waals surface area contributed by atoms with Gasteiger partial charge in [-0.25, -0.2) is 17.7 Å². The van der Waals surface area contributed by atoms with Gasteiger partial charge in [0.05, 0.1) is 18.8 Å². The zero-order valence-electron chi connectivity index (χ0n) is 13.2. The van der Waals surface area contributed by atoms with Crippen LogP contribution in [0.3, 0.4) is 0 Å². The summed E-state index contributed by atoms with van der Waals surface area (Å²) in [6.07, 6.45) is -4.61. The summed E-state index contributed by atoms with van der Waals surface area (Å²) in [6, 6.07) is 4.77. The van der Waals surface area contributed by atoms with Gasteiger partial charge in [0.2, 0.25) is 5.69 Å². The highest BCUT2D eigenvalue weighted by atomic mass is 35.7. The van der Waals surface area contributed by atoms with Crippen LogP contribution in [0.4, 0.5) is 34.6 Å². The lowest BCUT2D eigenvalue weighted by atomic mass is 10.1. The largest absolute Gasteiger partial charge is 0.486 e. The van der Waals surface area contributed by atoms with Crippen LogP contribution < -0.4 is 9.64 Å². The van der Waals surface area contributed by atoms with Crippen LogP contribution in [0.25, 0.3) is 4.85 Å². The molecule has 0 fully saturated rings. The van der Waals surface area contributed by atoms with Crippen LogP contribution in [-0.4, -0.2) is 21.6 Å². The lowest BCUT2D eigenvalue weighted by Crippen LogP contribution is -2.29. The molecule has 0 bridgehead atoms. The third kappa shape index (κ3) is 3.52. The summed E-state index contributed by atoms with van der Waals surface area (Å²) >= 11 is 0. The average molecular weight is 421 g/mol. The number of fused-ring (bicyclic) bond motifs is 1. The van der Waals surface area contributed by atoms with Crippen LogP contribution in [0.15, 0.2) is 35.2 Å². The van der Waals surface area contributed by atoms with E-state index in [-0.39, 0.29) is 30.2 Å². The zero-order valence-corrected chi connectivity index (χ0v) is 14.8. The van der Waals surface area contributed by atoms with Gasteiger partial charge in [0.25, 0.3) is 9.05 Å². The first-order valence-corrected chi connectivity index (χ1v) is 9.61. The van der Waals surface area contributed by atoms with Crippen molar-refractivity contribution in [2.24, 2.45) is 0 Å². The van der Waals surface area contributed by atoms with Gasteiger partial charge >= 0.3 is 6.18 Å². The standard InChI is InChI=1S/C16H9ClF4N2O3S/c1-22-10-8-9(16(19,20)21)2-3-11(10)23-6-7-26-15-12(23)4-5-13(14(15)18)27(17,24)25/h2-5,8H,6-7H2. The highest BCUT2D eigenvalue weighted by molar-refractivity contribution is 8.13. The van der Waals surface area contributed by atoms with E-state index in [2.05, 4.69) is 4.85 Å². The maximum Gasteiger partial charge on any atom is 0.415 e. The summed E-state index contributed by atoms with van der Waals surface area (Å²) in [5.74, 6) is -1.61. The zero-order chi connectivity index (χ0) is 20.0. The molecule has 142 valence electrons. The molecule has 0 saturated heterocycles. The maximum absolute atomic E-state index is 14.5. The van der Waals surface area contributed by atoms with Crippen molar-refractivity contribution in [2.75, 3.05) is 18.1 Å². The second kappa shape index (κ2) is 6.58. The normalized spacial score (nSPS) is 14.3. The van der Waals surface area contributed by atoms with Gasteiger partial charge in [0.15, 0.2) is 11.6 Å². The number of nitrogens with zero attached hydrogens (tertiary/aromatic N) is 2. The molecule has 2 aromatic carbocycles. The smallest absolute Gasteiger partial charge is 0.415 e. The highest BCUT2D eigenvalue weighted by Crippen LogP contribution is 2.45. The molecule has 1 aliphatic rings. The van der Waals surface area contributed by atoms with Crippen LogP contribution in [0.5, 0.6) is 5.75 Å². The molecule has 0 saturated carbocycles. The Hall–Kier alpha value is -2.51. The number of hydrogen-bond acceptors (Lipinski definition) is 4. The van der Waals surface area contributed by atoms with Crippen molar-refractivity contribution in [1.29, 1.82) is 0 Å². The van der Waals surface area contributed by atoms with Gasteiger partial charge in [-0.15, -0.1) is 0 Å². The molecular formula is C16H9ClF4N2O3S. The molecule has 11 heteroatoms. The van der Waals surface area contributed by atoms with Crippen LogP contribution in [0.2, 0.25) is 0 Å². The topological polar surface area (TPSA) is 51.0 Å². The van der Waals surface area contributed by atoms with E-state index >= 15 is 0 Å². The SMILES string of the molecule is [C-]#[N+]c1cc(C(F)(F)F)ccc1N1CCOc2c1ccc(S(=O)(=O)Cl)c2F. The summed E-state index contributed by atoms with van der Waals surface area (Å²) in [6.45, 7) is 7.22. The summed E-state index contributed by atoms with van der Waals surface area (Å²) < 4.78 is 81.2. The molecule has 27 heavy (non-hydrogen) atoms. The molecular weight excluding hydrogens is 412 g/mol. The second-order valence-electron chi connectivity index (χ2n) is 5.48. The Morgan fingerprint density at radius 3 is 2.44 bits per heavy atom. The van der Waals surface area contributed by atoms with E-state index in [9.17, 15) is 26.0 Å². The molecule has 0 radical (unpaired) electrons. The predicted molar refractivity (Wildman–Crippen MR) is 89.6 cm³/mol.